The molecule has 176 valence electrons. The van der Waals surface area contributed by atoms with Gasteiger partial charge in [0.2, 0.25) is 0 Å². The van der Waals surface area contributed by atoms with E-state index in [-0.39, 0.29) is 11.0 Å². The molecule has 0 fully saturated rings. The van der Waals surface area contributed by atoms with Gasteiger partial charge in [-0.25, -0.2) is 4.79 Å². The Morgan fingerprint density at radius 2 is 1.70 bits per heavy atom. The van der Waals surface area contributed by atoms with Crippen LogP contribution in [0.2, 0.25) is 18.1 Å². The van der Waals surface area contributed by atoms with E-state index < -0.39 is 8.32 Å². The molecular weight excluding hydrogens is 444 g/mol. The van der Waals surface area contributed by atoms with Gasteiger partial charge in [0, 0.05) is 10.6 Å². The van der Waals surface area contributed by atoms with Gasteiger partial charge >= 0.3 is 5.97 Å². The summed E-state index contributed by atoms with van der Waals surface area (Å²) < 4.78 is 11.7. The number of carbonyl (C=O) groups excluding carboxylic acids is 1. The van der Waals surface area contributed by atoms with E-state index in [4.69, 9.17) is 9.16 Å². The van der Waals surface area contributed by atoms with Gasteiger partial charge in [-0.2, -0.15) is 0 Å². The van der Waals surface area contributed by atoms with Crippen molar-refractivity contribution in [3.05, 3.63) is 77.4 Å². The van der Waals surface area contributed by atoms with Crippen molar-refractivity contribution in [2.24, 2.45) is 0 Å². The van der Waals surface area contributed by atoms with E-state index in [0.717, 1.165) is 22.6 Å². The lowest BCUT2D eigenvalue weighted by Crippen LogP contribution is -2.40. The summed E-state index contributed by atoms with van der Waals surface area (Å²) in [4.78, 5) is 13.4. The average molecular weight is 481 g/mol. The lowest BCUT2D eigenvalue weighted by Gasteiger charge is -2.36. The fourth-order valence-electron chi connectivity index (χ4n) is 3.30. The van der Waals surface area contributed by atoms with Crippen LogP contribution in [0.15, 0.2) is 65.6 Å². The number of esters is 1. The molecule has 33 heavy (non-hydrogen) atoms. The van der Waals surface area contributed by atoms with Crippen molar-refractivity contribution >= 4 is 36.8 Å². The summed E-state index contributed by atoms with van der Waals surface area (Å²) in [6.07, 6.45) is 0.960. The number of carbonyl (C=O) groups is 1. The van der Waals surface area contributed by atoms with Crippen molar-refractivity contribution in [1.82, 2.24) is 0 Å². The van der Waals surface area contributed by atoms with Crippen molar-refractivity contribution < 1.29 is 14.0 Å². The molecule has 3 aromatic carbocycles. The zero-order valence-corrected chi connectivity index (χ0v) is 22.6. The largest absolute Gasteiger partial charge is 0.462 e. The van der Waals surface area contributed by atoms with Crippen molar-refractivity contribution in [3.8, 4) is 0 Å². The summed E-state index contributed by atoms with van der Waals surface area (Å²) in [7, 11) is -1.87. The van der Waals surface area contributed by atoms with Crippen LogP contribution in [0.3, 0.4) is 0 Å². The first-order valence-corrected chi connectivity index (χ1v) is 15.5. The molecule has 0 N–H and O–H groups in total. The molecule has 3 aromatic rings. The van der Waals surface area contributed by atoms with Gasteiger partial charge in [0.25, 0.3) is 0 Å². The second kappa shape index (κ2) is 10.9. The molecule has 0 atom stereocenters. The molecule has 0 amide bonds. The van der Waals surface area contributed by atoms with Crippen LogP contribution < -0.4 is 0 Å². The summed E-state index contributed by atoms with van der Waals surface area (Å²) in [6.45, 7) is 14.1. The third-order valence-electron chi connectivity index (χ3n) is 6.44. The first-order valence-electron chi connectivity index (χ1n) is 11.7. The number of ether oxygens (including phenoxy) is 1. The number of benzene rings is 3. The number of aryl methyl sites for hydroxylation is 1. The molecule has 0 bridgehead atoms. The third-order valence-corrected chi connectivity index (χ3v) is 12.0. The highest BCUT2D eigenvalue weighted by molar-refractivity contribution is 7.99. The highest BCUT2D eigenvalue weighted by Crippen LogP contribution is 2.38. The topological polar surface area (TPSA) is 35.5 Å². The second-order valence-electron chi connectivity index (χ2n) is 9.87. The van der Waals surface area contributed by atoms with E-state index in [9.17, 15) is 4.79 Å². The maximum atomic E-state index is 12.3. The molecular formula is C28H36O3SSi. The van der Waals surface area contributed by atoms with Crippen LogP contribution in [0.4, 0.5) is 0 Å². The fourth-order valence-corrected chi connectivity index (χ4v) is 5.33. The summed E-state index contributed by atoms with van der Waals surface area (Å²) in [6, 6.07) is 21.0. The SMILES string of the molecule is CCOC(=O)c1ccc(CO[Si](C)(C)C(C)(C)C)c(SCCc2ccc3ccccc3c2)c1. The smallest absolute Gasteiger partial charge is 0.338 e. The Kier molecular flexibility index (Phi) is 8.43. The molecule has 0 aromatic heterocycles. The Hall–Kier alpha value is -2.08. The minimum atomic E-state index is -1.87. The van der Waals surface area contributed by atoms with Crippen LogP contribution >= 0.6 is 11.8 Å². The first kappa shape index (κ1) is 25.5. The lowest BCUT2D eigenvalue weighted by molar-refractivity contribution is 0.0526. The molecule has 0 saturated carbocycles. The van der Waals surface area contributed by atoms with Gasteiger partial charge in [-0.3, -0.25) is 0 Å². The first-order chi connectivity index (χ1) is 15.6. The third kappa shape index (κ3) is 6.72. The molecule has 3 nitrogen and oxygen atoms in total. The monoisotopic (exact) mass is 480 g/mol. The normalized spacial score (nSPS) is 12.2. The second-order valence-corrected chi connectivity index (χ2v) is 15.8. The Bertz CT molecular complexity index is 1100. The van der Waals surface area contributed by atoms with E-state index >= 15 is 0 Å². The van der Waals surface area contributed by atoms with E-state index in [1.807, 2.05) is 25.1 Å². The van der Waals surface area contributed by atoms with Crippen LogP contribution in [0.1, 0.15) is 49.2 Å². The molecule has 0 aliphatic rings. The van der Waals surface area contributed by atoms with Gasteiger partial charge in [-0.15, -0.1) is 11.8 Å². The number of rotatable bonds is 9. The number of hydrogen-bond acceptors (Lipinski definition) is 4. The Balaban J connectivity index is 1.75. The van der Waals surface area contributed by atoms with E-state index in [1.165, 1.54) is 16.3 Å². The molecule has 0 saturated heterocycles. The molecule has 0 unspecified atom stereocenters. The van der Waals surface area contributed by atoms with Crippen LogP contribution in [-0.2, 0) is 22.2 Å². The maximum Gasteiger partial charge on any atom is 0.338 e. The van der Waals surface area contributed by atoms with Crippen LogP contribution in [0.5, 0.6) is 0 Å². The van der Waals surface area contributed by atoms with Gasteiger partial charge in [0.1, 0.15) is 0 Å². The van der Waals surface area contributed by atoms with Gasteiger partial charge in [0.05, 0.1) is 18.8 Å². The fraction of sp³-hybridized carbons (Fsp3) is 0.393. The highest BCUT2D eigenvalue weighted by atomic mass is 32.2. The van der Waals surface area contributed by atoms with Crippen LogP contribution in [-0.4, -0.2) is 26.6 Å². The van der Waals surface area contributed by atoms with Crippen LogP contribution in [0.25, 0.3) is 10.8 Å². The van der Waals surface area contributed by atoms with Gasteiger partial charge in [0.15, 0.2) is 8.32 Å². The van der Waals surface area contributed by atoms with Gasteiger partial charge in [-0.1, -0.05) is 69.3 Å². The van der Waals surface area contributed by atoms with Crippen molar-refractivity contribution in [1.29, 1.82) is 0 Å². The van der Waals surface area contributed by atoms with Crippen molar-refractivity contribution in [2.45, 2.75) is 63.8 Å². The summed E-state index contributed by atoms with van der Waals surface area (Å²) >= 11 is 1.78. The minimum absolute atomic E-state index is 0.154. The predicted octanol–water partition coefficient (Wildman–Crippen LogP) is 7.87. The molecule has 0 aliphatic carbocycles. The maximum absolute atomic E-state index is 12.3. The number of hydrogen-bond donors (Lipinski definition) is 0. The zero-order valence-electron chi connectivity index (χ0n) is 20.7. The van der Waals surface area contributed by atoms with E-state index in [2.05, 4.69) is 76.3 Å². The Morgan fingerprint density at radius 1 is 0.970 bits per heavy atom. The highest BCUT2D eigenvalue weighted by Gasteiger charge is 2.37. The molecule has 0 aliphatic heterocycles. The summed E-state index contributed by atoms with van der Waals surface area (Å²) in [5.74, 6) is 0.656. The van der Waals surface area contributed by atoms with Crippen LogP contribution in [0, 0.1) is 0 Å². The zero-order chi connectivity index (χ0) is 24.1. The molecule has 0 spiro atoms. The molecule has 3 rings (SSSR count). The quantitative estimate of drug-likeness (QED) is 0.177. The van der Waals surface area contributed by atoms with Gasteiger partial charge in [-0.05, 0) is 65.5 Å². The summed E-state index contributed by atoms with van der Waals surface area (Å²) in [5.41, 5.74) is 3.05. The average Bonchev–Trinajstić information content (AvgIpc) is 2.77. The molecule has 0 radical (unpaired) electrons. The number of fused-ring (bicyclic) bond motifs is 1. The minimum Gasteiger partial charge on any atom is -0.462 e. The van der Waals surface area contributed by atoms with E-state index in [0.29, 0.717) is 18.8 Å². The molecule has 5 heteroatoms. The Labute approximate surface area is 204 Å². The lowest BCUT2D eigenvalue weighted by atomic mass is 10.1. The molecule has 0 heterocycles. The van der Waals surface area contributed by atoms with Crippen molar-refractivity contribution in [3.63, 3.8) is 0 Å². The van der Waals surface area contributed by atoms with E-state index in [1.54, 1.807) is 11.8 Å². The Morgan fingerprint density at radius 3 is 2.39 bits per heavy atom. The van der Waals surface area contributed by atoms with Gasteiger partial charge < -0.3 is 9.16 Å². The standard InChI is InChI=1S/C28H36O3SSi/c1-7-30-27(29)24-14-15-25(20-31-33(5,6)28(2,3)4)26(19-24)32-17-16-21-12-13-22-10-8-9-11-23(22)18-21/h8-15,18-19H,7,16-17,20H2,1-6H3. The number of thioether (sulfide) groups is 1. The summed E-state index contributed by atoms with van der Waals surface area (Å²) in [5, 5.41) is 2.69. The van der Waals surface area contributed by atoms with Crippen molar-refractivity contribution in [2.75, 3.05) is 12.4 Å². The predicted molar refractivity (Wildman–Crippen MR) is 143 cm³/mol.